The van der Waals surface area contributed by atoms with Gasteiger partial charge in [-0.3, -0.25) is 0 Å². The van der Waals surface area contributed by atoms with E-state index in [1.165, 1.54) is 25.2 Å². The molecule has 0 saturated carbocycles. The first-order chi connectivity index (χ1) is 14.1. The second kappa shape index (κ2) is 9.30. The molecule has 2 aromatic carbocycles. The zero-order chi connectivity index (χ0) is 20.8. The highest BCUT2D eigenvalue weighted by Gasteiger charge is 2.27. The number of allylic oxidation sites excluding steroid dienone is 2. The lowest BCUT2D eigenvalue weighted by atomic mass is 10.0. The number of hydrogen-bond donors (Lipinski definition) is 0. The van der Waals surface area contributed by atoms with Crippen molar-refractivity contribution in [2.75, 3.05) is 25.4 Å². The third-order valence-corrected chi connectivity index (χ3v) is 5.20. The van der Waals surface area contributed by atoms with Gasteiger partial charge in [-0.15, -0.1) is 11.8 Å². The fourth-order valence-corrected chi connectivity index (χ4v) is 3.37. The summed E-state index contributed by atoms with van der Waals surface area (Å²) in [6.07, 6.45) is 8.71. The quantitative estimate of drug-likeness (QED) is 0.535. The Hall–Kier alpha value is -3.25. The van der Waals surface area contributed by atoms with Crippen LogP contribution < -0.4 is 4.90 Å². The zero-order valence-electron chi connectivity index (χ0n) is 16.4. The summed E-state index contributed by atoms with van der Waals surface area (Å²) in [5, 5.41) is 0. The predicted molar refractivity (Wildman–Crippen MR) is 115 cm³/mol. The molecule has 0 saturated heterocycles. The van der Waals surface area contributed by atoms with Crippen molar-refractivity contribution in [1.29, 1.82) is 0 Å². The first kappa shape index (κ1) is 20.5. The first-order valence-corrected chi connectivity index (χ1v) is 10.1. The van der Waals surface area contributed by atoms with E-state index in [4.69, 9.17) is 9.47 Å². The lowest BCUT2D eigenvalue weighted by Gasteiger charge is -2.23. The number of anilines is 1. The van der Waals surface area contributed by atoms with Crippen LogP contribution in [0.5, 0.6) is 0 Å². The van der Waals surface area contributed by atoms with Crippen LogP contribution in [0.3, 0.4) is 0 Å². The molecular formula is C23H21NO4S. The van der Waals surface area contributed by atoms with Gasteiger partial charge in [0, 0.05) is 16.8 Å². The third kappa shape index (κ3) is 4.43. The highest BCUT2D eigenvalue weighted by atomic mass is 32.2. The molecule has 0 unspecified atom stereocenters. The monoisotopic (exact) mass is 407 g/mol. The maximum atomic E-state index is 12.5. The molecule has 6 heteroatoms. The van der Waals surface area contributed by atoms with Gasteiger partial charge in [-0.1, -0.05) is 30.3 Å². The average molecular weight is 407 g/mol. The molecule has 148 valence electrons. The average Bonchev–Trinajstić information content (AvgIpc) is 3.01. The first-order valence-electron chi connectivity index (χ1n) is 8.88. The Bertz CT molecular complexity index is 989. The zero-order valence-corrected chi connectivity index (χ0v) is 17.2. The predicted octanol–water partition coefficient (Wildman–Crippen LogP) is 4.57. The molecular weight excluding hydrogens is 386 g/mol. The van der Waals surface area contributed by atoms with Gasteiger partial charge in [0.25, 0.3) is 0 Å². The minimum atomic E-state index is -0.627. The van der Waals surface area contributed by atoms with E-state index in [9.17, 15) is 9.59 Å². The fraction of sp³-hybridized carbons (Fsp3) is 0.130. The molecule has 0 amide bonds. The Morgan fingerprint density at radius 3 is 1.97 bits per heavy atom. The molecule has 3 rings (SSSR count). The van der Waals surface area contributed by atoms with Crippen molar-refractivity contribution in [3.8, 4) is 11.1 Å². The highest BCUT2D eigenvalue weighted by Crippen LogP contribution is 2.29. The molecule has 29 heavy (non-hydrogen) atoms. The molecule has 0 aromatic heterocycles. The molecule has 1 aliphatic rings. The molecule has 0 spiro atoms. The maximum Gasteiger partial charge on any atom is 0.355 e. The van der Waals surface area contributed by atoms with E-state index in [1.807, 2.05) is 30.5 Å². The Morgan fingerprint density at radius 1 is 0.828 bits per heavy atom. The summed E-state index contributed by atoms with van der Waals surface area (Å²) >= 11 is 1.70. The van der Waals surface area contributed by atoms with E-state index in [-0.39, 0.29) is 11.3 Å². The smallest absolute Gasteiger partial charge is 0.355 e. The van der Waals surface area contributed by atoms with Crippen LogP contribution in [0, 0.1) is 0 Å². The van der Waals surface area contributed by atoms with Crippen molar-refractivity contribution in [3.63, 3.8) is 0 Å². The van der Waals surface area contributed by atoms with E-state index in [0.29, 0.717) is 0 Å². The largest absolute Gasteiger partial charge is 0.465 e. The third-order valence-electron chi connectivity index (χ3n) is 4.46. The van der Waals surface area contributed by atoms with Crippen molar-refractivity contribution >= 4 is 29.4 Å². The van der Waals surface area contributed by atoms with Crippen LogP contribution in [-0.4, -0.2) is 32.4 Å². The van der Waals surface area contributed by atoms with Crippen molar-refractivity contribution in [2.45, 2.75) is 4.90 Å². The summed E-state index contributed by atoms with van der Waals surface area (Å²) in [6.45, 7) is 0. The highest BCUT2D eigenvalue weighted by molar-refractivity contribution is 7.98. The number of benzene rings is 2. The maximum absolute atomic E-state index is 12.5. The summed E-state index contributed by atoms with van der Waals surface area (Å²) < 4.78 is 9.76. The van der Waals surface area contributed by atoms with Gasteiger partial charge in [-0.25, -0.2) is 9.59 Å². The Kier molecular flexibility index (Phi) is 6.57. The standard InChI is InChI=1S/C23H21NO4S/c1-27-22(25)20-6-4-5-15-24(21(20)23(26)28-2)18-11-7-16(8-12-18)17-9-13-19(29-3)14-10-17/h4-15H,1-3H3. The number of carbonyl (C=O) groups is 2. The van der Waals surface area contributed by atoms with Gasteiger partial charge in [-0.2, -0.15) is 0 Å². The van der Waals surface area contributed by atoms with Crippen molar-refractivity contribution < 1.29 is 19.1 Å². The van der Waals surface area contributed by atoms with Crippen LogP contribution in [0.4, 0.5) is 5.69 Å². The van der Waals surface area contributed by atoms with Crippen molar-refractivity contribution in [3.05, 3.63) is 84.2 Å². The number of carbonyl (C=O) groups excluding carboxylic acids is 2. The SMILES string of the molecule is COC(=O)C1=C(C(=O)OC)N(c2ccc(-c3ccc(SC)cc3)cc2)C=CC=C1. The lowest BCUT2D eigenvalue weighted by molar-refractivity contribution is -0.139. The van der Waals surface area contributed by atoms with E-state index in [1.54, 1.807) is 35.0 Å². The topological polar surface area (TPSA) is 55.8 Å². The van der Waals surface area contributed by atoms with E-state index in [2.05, 4.69) is 24.3 Å². The summed E-state index contributed by atoms with van der Waals surface area (Å²) in [6, 6.07) is 16.1. The van der Waals surface area contributed by atoms with Crippen LogP contribution in [0.15, 0.2) is 89.1 Å². The normalized spacial score (nSPS) is 13.3. The van der Waals surface area contributed by atoms with Crippen LogP contribution in [-0.2, 0) is 19.1 Å². The van der Waals surface area contributed by atoms with Gasteiger partial charge >= 0.3 is 11.9 Å². The number of nitrogens with zero attached hydrogens (tertiary/aromatic N) is 1. The molecule has 1 heterocycles. The molecule has 0 aliphatic carbocycles. The van der Waals surface area contributed by atoms with Gasteiger partial charge in [0.2, 0.25) is 0 Å². The minimum Gasteiger partial charge on any atom is -0.465 e. The molecule has 0 fully saturated rings. The van der Waals surface area contributed by atoms with E-state index < -0.39 is 11.9 Å². The van der Waals surface area contributed by atoms with Gasteiger partial charge in [0.15, 0.2) is 0 Å². The number of rotatable bonds is 5. The molecule has 2 aromatic rings. The van der Waals surface area contributed by atoms with Gasteiger partial charge < -0.3 is 14.4 Å². The lowest BCUT2D eigenvalue weighted by Crippen LogP contribution is -2.26. The molecule has 0 bridgehead atoms. The van der Waals surface area contributed by atoms with Gasteiger partial charge in [0.1, 0.15) is 5.70 Å². The van der Waals surface area contributed by atoms with E-state index >= 15 is 0 Å². The minimum absolute atomic E-state index is 0.0985. The summed E-state index contributed by atoms with van der Waals surface area (Å²) in [5.74, 6) is -1.24. The van der Waals surface area contributed by atoms with Crippen LogP contribution >= 0.6 is 11.8 Å². The molecule has 0 atom stereocenters. The summed E-state index contributed by atoms with van der Waals surface area (Å²) in [7, 11) is 2.56. The molecule has 0 radical (unpaired) electrons. The van der Waals surface area contributed by atoms with Gasteiger partial charge in [-0.05, 0) is 53.8 Å². The number of esters is 2. The Balaban J connectivity index is 2.00. The second-order valence-corrected chi connectivity index (χ2v) is 6.97. The number of thioether (sulfide) groups is 1. The van der Waals surface area contributed by atoms with Gasteiger partial charge in [0.05, 0.1) is 19.8 Å². The Morgan fingerprint density at radius 2 is 1.41 bits per heavy atom. The molecule has 1 aliphatic heterocycles. The second-order valence-electron chi connectivity index (χ2n) is 6.09. The summed E-state index contributed by atoms with van der Waals surface area (Å²) in [4.78, 5) is 27.5. The molecule has 0 N–H and O–H groups in total. The van der Waals surface area contributed by atoms with E-state index in [0.717, 1.165) is 16.8 Å². The number of ether oxygens (including phenoxy) is 2. The fourth-order valence-electron chi connectivity index (χ4n) is 2.96. The van der Waals surface area contributed by atoms with Crippen LogP contribution in [0.1, 0.15) is 0 Å². The van der Waals surface area contributed by atoms with Crippen LogP contribution in [0.2, 0.25) is 0 Å². The Labute approximate surface area is 174 Å². The van der Waals surface area contributed by atoms with Crippen molar-refractivity contribution in [1.82, 2.24) is 0 Å². The number of methoxy groups -OCH3 is 2. The molecule has 5 nitrogen and oxygen atoms in total. The van der Waals surface area contributed by atoms with Crippen molar-refractivity contribution in [2.24, 2.45) is 0 Å². The van der Waals surface area contributed by atoms with Crippen LogP contribution in [0.25, 0.3) is 11.1 Å². The number of hydrogen-bond acceptors (Lipinski definition) is 6. The summed E-state index contributed by atoms with van der Waals surface area (Å²) in [5.41, 5.74) is 3.09.